The molecule has 2 fully saturated rings. The Kier molecular flexibility index (Phi) is 5.29. The lowest BCUT2D eigenvalue weighted by Crippen LogP contribution is -2.53. The molecule has 0 aromatic heterocycles. The quantitative estimate of drug-likeness (QED) is 0.419. The number of primary amides is 1. The zero-order valence-electron chi connectivity index (χ0n) is 16.4. The van der Waals surface area contributed by atoms with Gasteiger partial charge in [-0.25, -0.2) is 0 Å². The molecule has 1 aromatic rings. The van der Waals surface area contributed by atoms with Crippen LogP contribution in [0, 0.1) is 11.8 Å². The normalized spacial score (nSPS) is 29.5. The molecule has 4 rings (SSSR count). The molecule has 0 aliphatic carbocycles. The molecular weight excluding hydrogens is 412 g/mol. The molecule has 3 heterocycles. The van der Waals surface area contributed by atoms with Gasteiger partial charge in [0.25, 0.3) is 0 Å². The van der Waals surface area contributed by atoms with Crippen LogP contribution >= 0.6 is 11.6 Å². The van der Waals surface area contributed by atoms with E-state index in [-0.39, 0.29) is 25.3 Å². The van der Waals surface area contributed by atoms with E-state index in [4.69, 9.17) is 22.1 Å². The van der Waals surface area contributed by atoms with E-state index in [1.54, 1.807) is 25.3 Å². The lowest BCUT2D eigenvalue weighted by Gasteiger charge is -2.29. The second-order valence-corrected chi connectivity index (χ2v) is 8.32. The molecule has 4 amide bonds. The van der Waals surface area contributed by atoms with E-state index in [2.05, 4.69) is 10.6 Å². The number of benzene rings is 1. The van der Waals surface area contributed by atoms with Crippen LogP contribution in [0.2, 0.25) is 5.02 Å². The second-order valence-electron chi connectivity index (χ2n) is 7.89. The molecule has 4 atom stereocenters. The van der Waals surface area contributed by atoms with E-state index in [1.165, 1.54) is 4.90 Å². The highest BCUT2D eigenvalue weighted by atomic mass is 35.5. The fraction of sp³-hybridized carbons (Fsp3) is 0.500. The summed E-state index contributed by atoms with van der Waals surface area (Å²) >= 11 is 6.19. The van der Waals surface area contributed by atoms with Crippen LogP contribution < -0.4 is 16.4 Å². The predicted octanol–water partition coefficient (Wildman–Crippen LogP) is 0.362. The molecule has 9 nitrogen and oxygen atoms in total. The van der Waals surface area contributed by atoms with Crippen LogP contribution in [0.3, 0.4) is 0 Å². The van der Waals surface area contributed by atoms with E-state index in [9.17, 15) is 19.2 Å². The number of carbonyl (C=O) groups excluding carboxylic acids is 4. The monoisotopic (exact) mass is 434 g/mol. The molecule has 0 radical (unpaired) electrons. The molecule has 3 aliphatic heterocycles. The van der Waals surface area contributed by atoms with Gasteiger partial charge in [-0.1, -0.05) is 11.6 Å². The number of ether oxygens (including phenoxy) is 1. The Balaban J connectivity index is 1.77. The molecule has 1 aromatic carbocycles. The van der Waals surface area contributed by atoms with Crippen LogP contribution in [0.5, 0.6) is 0 Å². The number of amides is 4. The summed E-state index contributed by atoms with van der Waals surface area (Å²) in [5.41, 5.74) is 4.97. The van der Waals surface area contributed by atoms with Crippen molar-refractivity contribution in [3.8, 4) is 0 Å². The zero-order valence-corrected chi connectivity index (χ0v) is 17.2. The van der Waals surface area contributed by atoms with Gasteiger partial charge in [0.05, 0.1) is 11.8 Å². The van der Waals surface area contributed by atoms with Crippen molar-refractivity contribution in [3.63, 3.8) is 0 Å². The average molecular weight is 435 g/mol. The van der Waals surface area contributed by atoms with Gasteiger partial charge in [0, 0.05) is 49.0 Å². The molecule has 3 aliphatic rings. The number of halogens is 1. The number of nitrogens with zero attached hydrogens (tertiary/aromatic N) is 1. The zero-order chi connectivity index (χ0) is 21.6. The van der Waals surface area contributed by atoms with Gasteiger partial charge >= 0.3 is 0 Å². The summed E-state index contributed by atoms with van der Waals surface area (Å²) in [4.78, 5) is 52.4. The molecule has 4 N–H and O–H groups in total. The Morgan fingerprint density at radius 1 is 1.30 bits per heavy atom. The van der Waals surface area contributed by atoms with Crippen molar-refractivity contribution in [3.05, 3.63) is 28.8 Å². The summed E-state index contributed by atoms with van der Waals surface area (Å²) in [7, 11) is 1.55. The van der Waals surface area contributed by atoms with Gasteiger partial charge < -0.3 is 15.8 Å². The van der Waals surface area contributed by atoms with Crippen LogP contribution in [0.25, 0.3) is 0 Å². The van der Waals surface area contributed by atoms with Crippen LogP contribution in [0.4, 0.5) is 5.69 Å². The Labute approximate surface area is 178 Å². The molecule has 160 valence electrons. The smallest absolute Gasteiger partial charge is 0.250 e. The van der Waals surface area contributed by atoms with E-state index >= 15 is 0 Å². The Bertz CT molecular complexity index is 938. The number of methoxy groups -OCH3 is 1. The summed E-state index contributed by atoms with van der Waals surface area (Å²) < 4.78 is 5.03. The molecular formula is C20H23ClN4O5. The first-order chi connectivity index (χ1) is 14.3. The number of hydrogen-bond acceptors (Lipinski definition) is 6. The Morgan fingerprint density at radius 3 is 2.77 bits per heavy atom. The lowest BCUT2D eigenvalue weighted by molar-refractivity contribution is -0.143. The van der Waals surface area contributed by atoms with Crippen molar-refractivity contribution in [2.24, 2.45) is 17.6 Å². The fourth-order valence-corrected chi connectivity index (χ4v) is 5.14. The SMILES string of the molecule is COCCCN1C(=O)[C@@H]2[C@H](CCC(N)=O)N[C@]3(C(=O)Nc4ccc(Cl)cc43)[C@@H]2C1=O. The molecule has 0 unspecified atom stereocenters. The van der Waals surface area contributed by atoms with Gasteiger partial charge in [0.2, 0.25) is 23.6 Å². The van der Waals surface area contributed by atoms with Gasteiger partial charge in [-0.15, -0.1) is 0 Å². The average Bonchev–Trinajstić information content (AvgIpc) is 3.27. The molecule has 0 bridgehead atoms. The number of fused-ring (bicyclic) bond motifs is 4. The molecule has 30 heavy (non-hydrogen) atoms. The number of hydrogen-bond donors (Lipinski definition) is 3. The predicted molar refractivity (Wildman–Crippen MR) is 107 cm³/mol. The number of imide groups is 1. The lowest BCUT2D eigenvalue weighted by atomic mass is 9.76. The van der Waals surface area contributed by atoms with Crippen molar-refractivity contribution in [2.45, 2.75) is 30.8 Å². The maximum Gasteiger partial charge on any atom is 0.250 e. The van der Waals surface area contributed by atoms with Gasteiger partial charge in [-0.2, -0.15) is 0 Å². The number of nitrogens with two attached hydrogens (primary N) is 1. The molecule has 10 heteroatoms. The minimum Gasteiger partial charge on any atom is -0.385 e. The number of carbonyl (C=O) groups is 4. The van der Waals surface area contributed by atoms with Crippen LogP contribution in [-0.2, 0) is 29.5 Å². The highest BCUT2D eigenvalue weighted by molar-refractivity contribution is 6.31. The van der Waals surface area contributed by atoms with Crippen molar-refractivity contribution >= 4 is 40.9 Å². The van der Waals surface area contributed by atoms with Gasteiger partial charge in [-0.05, 0) is 31.0 Å². The maximum absolute atomic E-state index is 13.4. The van der Waals surface area contributed by atoms with Crippen molar-refractivity contribution in [1.82, 2.24) is 10.2 Å². The fourth-order valence-electron chi connectivity index (χ4n) is 4.97. The van der Waals surface area contributed by atoms with E-state index in [1.807, 2.05) is 0 Å². The van der Waals surface area contributed by atoms with Crippen molar-refractivity contribution in [2.75, 3.05) is 25.6 Å². The molecule has 2 saturated heterocycles. The number of likely N-dealkylation sites (tertiary alicyclic amines) is 1. The summed E-state index contributed by atoms with van der Waals surface area (Å²) in [5.74, 6) is -3.36. The van der Waals surface area contributed by atoms with Crippen LogP contribution in [-0.4, -0.2) is 54.8 Å². The first kappa shape index (κ1) is 20.8. The first-order valence-electron chi connectivity index (χ1n) is 9.83. The van der Waals surface area contributed by atoms with E-state index in [0.29, 0.717) is 29.3 Å². The first-order valence-corrected chi connectivity index (χ1v) is 10.2. The van der Waals surface area contributed by atoms with E-state index < -0.39 is 41.1 Å². The minimum atomic E-state index is -1.42. The standard InChI is InChI=1S/C20H23ClN4O5/c1-30-8-2-7-25-17(27)15-13(5-6-14(22)26)24-20(16(15)18(25)28)11-9-10(21)3-4-12(11)23-19(20)29/h3-4,9,13,15-16,24H,2,5-8H2,1H3,(H2,22,26)(H,23,29)/t13-,15+,16-,20-/m0/s1. The summed E-state index contributed by atoms with van der Waals surface area (Å²) in [6.45, 7) is 0.612. The summed E-state index contributed by atoms with van der Waals surface area (Å²) in [6, 6.07) is 4.41. The third-order valence-corrected chi connectivity index (χ3v) is 6.44. The highest BCUT2D eigenvalue weighted by Gasteiger charge is 2.70. The largest absolute Gasteiger partial charge is 0.385 e. The summed E-state index contributed by atoms with van der Waals surface area (Å²) in [5, 5.41) is 6.45. The number of anilines is 1. The van der Waals surface area contributed by atoms with Crippen molar-refractivity contribution < 1.29 is 23.9 Å². The number of rotatable bonds is 7. The van der Waals surface area contributed by atoms with Gasteiger partial charge in [0.1, 0.15) is 5.54 Å². The maximum atomic E-state index is 13.4. The van der Waals surface area contributed by atoms with Crippen molar-refractivity contribution in [1.29, 1.82) is 0 Å². The highest BCUT2D eigenvalue weighted by Crippen LogP contribution is 2.53. The Hall–Kier alpha value is -2.49. The molecule has 0 saturated carbocycles. The third-order valence-electron chi connectivity index (χ3n) is 6.20. The molecule has 1 spiro atoms. The van der Waals surface area contributed by atoms with Gasteiger partial charge in [0.15, 0.2) is 0 Å². The van der Waals surface area contributed by atoms with Crippen LogP contribution in [0.15, 0.2) is 18.2 Å². The second kappa shape index (κ2) is 7.64. The number of nitrogens with one attached hydrogen (secondary N) is 2. The van der Waals surface area contributed by atoms with Gasteiger partial charge in [-0.3, -0.25) is 29.4 Å². The van der Waals surface area contributed by atoms with Crippen LogP contribution in [0.1, 0.15) is 24.8 Å². The Morgan fingerprint density at radius 2 is 2.07 bits per heavy atom. The van der Waals surface area contributed by atoms with E-state index in [0.717, 1.165) is 0 Å². The minimum absolute atomic E-state index is 0.0339. The summed E-state index contributed by atoms with van der Waals surface area (Å²) in [6.07, 6.45) is 0.771. The third kappa shape index (κ3) is 3.00. The topological polar surface area (TPSA) is 131 Å².